The van der Waals surface area contributed by atoms with Gasteiger partial charge in [-0.15, -0.1) is 0 Å². The van der Waals surface area contributed by atoms with Crippen molar-refractivity contribution in [1.82, 2.24) is 0 Å². The lowest BCUT2D eigenvalue weighted by molar-refractivity contribution is 0.100. The lowest BCUT2D eigenvalue weighted by atomic mass is 10.1. The van der Waals surface area contributed by atoms with Gasteiger partial charge in [0.15, 0.2) is 0 Å². The van der Waals surface area contributed by atoms with E-state index < -0.39 is 5.91 Å². The number of amides is 1. The van der Waals surface area contributed by atoms with Gasteiger partial charge in [-0.3, -0.25) is 4.79 Å². The van der Waals surface area contributed by atoms with Gasteiger partial charge in [0.25, 0.3) is 0 Å². The summed E-state index contributed by atoms with van der Waals surface area (Å²) in [6.07, 6.45) is 0. The fourth-order valence-electron chi connectivity index (χ4n) is 1.56. The van der Waals surface area contributed by atoms with E-state index in [1.807, 2.05) is 12.1 Å². The van der Waals surface area contributed by atoms with Crippen LogP contribution in [0.15, 0.2) is 40.9 Å². The number of carbonyl (C=O) groups excluding carboxylic acids is 1. The summed E-state index contributed by atoms with van der Waals surface area (Å²) < 4.78 is 0.784. The molecular formula is C13H11BrClN3O. The van der Waals surface area contributed by atoms with Gasteiger partial charge in [-0.25, -0.2) is 0 Å². The molecule has 0 spiro atoms. The van der Waals surface area contributed by atoms with Gasteiger partial charge in [-0.05, 0) is 52.3 Å². The number of primary amides is 1. The Morgan fingerprint density at radius 2 is 1.95 bits per heavy atom. The van der Waals surface area contributed by atoms with E-state index in [0.29, 0.717) is 22.0 Å². The molecule has 0 aliphatic carbocycles. The topological polar surface area (TPSA) is 81.1 Å². The number of anilines is 3. The molecule has 0 atom stereocenters. The lowest BCUT2D eigenvalue weighted by Crippen LogP contribution is -2.11. The van der Waals surface area contributed by atoms with E-state index >= 15 is 0 Å². The van der Waals surface area contributed by atoms with Gasteiger partial charge in [0, 0.05) is 15.7 Å². The molecule has 0 fully saturated rings. The van der Waals surface area contributed by atoms with E-state index in [1.54, 1.807) is 18.2 Å². The molecule has 4 nitrogen and oxygen atoms in total. The summed E-state index contributed by atoms with van der Waals surface area (Å²) >= 11 is 9.26. The third-order valence-electron chi connectivity index (χ3n) is 2.53. The van der Waals surface area contributed by atoms with Crippen LogP contribution < -0.4 is 16.8 Å². The van der Waals surface area contributed by atoms with Crippen LogP contribution >= 0.6 is 27.5 Å². The number of nitrogens with two attached hydrogens (primary N) is 2. The normalized spacial score (nSPS) is 10.2. The maximum Gasteiger partial charge on any atom is 0.248 e. The Bertz CT molecular complexity index is 646. The Morgan fingerprint density at radius 1 is 1.21 bits per heavy atom. The smallest absolute Gasteiger partial charge is 0.248 e. The quantitative estimate of drug-likeness (QED) is 0.748. The second-order valence-electron chi connectivity index (χ2n) is 3.92. The van der Waals surface area contributed by atoms with Gasteiger partial charge < -0.3 is 16.8 Å². The summed E-state index contributed by atoms with van der Waals surface area (Å²) in [6, 6.07) is 10.3. The van der Waals surface area contributed by atoms with Crippen molar-refractivity contribution >= 4 is 50.5 Å². The molecule has 0 saturated heterocycles. The second kappa shape index (κ2) is 5.50. The number of hydrogen-bond donors (Lipinski definition) is 3. The van der Waals surface area contributed by atoms with Crippen LogP contribution in [0, 0.1) is 0 Å². The first-order valence-corrected chi connectivity index (χ1v) is 6.56. The van der Waals surface area contributed by atoms with Gasteiger partial charge in [0.2, 0.25) is 5.91 Å². The van der Waals surface area contributed by atoms with Crippen molar-refractivity contribution in [2.24, 2.45) is 5.73 Å². The molecule has 5 N–H and O–H groups in total. The molecule has 19 heavy (non-hydrogen) atoms. The average molecular weight is 341 g/mol. The van der Waals surface area contributed by atoms with Crippen molar-refractivity contribution < 1.29 is 4.79 Å². The Hall–Kier alpha value is -1.72. The van der Waals surface area contributed by atoms with E-state index in [-0.39, 0.29) is 0 Å². The second-order valence-corrected chi connectivity index (χ2v) is 5.18. The molecule has 98 valence electrons. The van der Waals surface area contributed by atoms with Gasteiger partial charge in [0.1, 0.15) is 0 Å². The number of rotatable bonds is 3. The number of nitrogen functional groups attached to an aromatic ring is 1. The summed E-state index contributed by atoms with van der Waals surface area (Å²) in [7, 11) is 0. The standard InChI is InChI=1S/C13H11BrClN3O/c14-9-6-8(2-3-10(9)15)18-12-4-1-7(13(17)19)5-11(12)16/h1-6,18H,16H2,(H2,17,19). The van der Waals surface area contributed by atoms with E-state index in [0.717, 1.165) is 10.2 Å². The van der Waals surface area contributed by atoms with E-state index in [1.165, 1.54) is 6.07 Å². The summed E-state index contributed by atoms with van der Waals surface area (Å²) in [5.41, 5.74) is 13.4. The molecule has 6 heteroatoms. The minimum Gasteiger partial charge on any atom is -0.397 e. The maximum atomic E-state index is 11.0. The van der Waals surface area contributed by atoms with E-state index in [9.17, 15) is 4.79 Å². The van der Waals surface area contributed by atoms with Crippen LogP contribution in [-0.4, -0.2) is 5.91 Å². The Balaban J connectivity index is 2.28. The zero-order chi connectivity index (χ0) is 14.0. The molecule has 2 rings (SSSR count). The average Bonchev–Trinajstić information content (AvgIpc) is 2.36. The van der Waals surface area contributed by atoms with Crippen LogP contribution in [0.3, 0.4) is 0 Å². The van der Waals surface area contributed by atoms with Crippen LogP contribution in [0.4, 0.5) is 17.1 Å². The summed E-state index contributed by atoms with van der Waals surface area (Å²) in [5, 5.41) is 3.77. The number of benzene rings is 2. The molecule has 0 saturated carbocycles. The predicted octanol–water partition coefficient (Wildman–Crippen LogP) is 3.53. The van der Waals surface area contributed by atoms with Crippen molar-refractivity contribution in [3.8, 4) is 0 Å². The Morgan fingerprint density at radius 3 is 2.53 bits per heavy atom. The van der Waals surface area contributed by atoms with E-state index in [2.05, 4.69) is 21.2 Å². The summed E-state index contributed by atoms with van der Waals surface area (Å²) in [5.74, 6) is -0.507. The molecule has 2 aromatic rings. The molecule has 0 radical (unpaired) electrons. The molecule has 0 bridgehead atoms. The summed E-state index contributed by atoms with van der Waals surface area (Å²) in [6.45, 7) is 0. The lowest BCUT2D eigenvalue weighted by Gasteiger charge is -2.11. The highest BCUT2D eigenvalue weighted by Gasteiger charge is 2.06. The van der Waals surface area contributed by atoms with Crippen LogP contribution in [-0.2, 0) is 0 Å². The fourth-order valence-corrected chi connectivity index (χ4v) is 2.06. The van der Waals surface area contributed by atoms with Gasteiger partial charge in [-0.2, -0.15) is 0 Å². The van der Waals surface area contributed by atoms with Crippen molar-refractivity contribution in [1.29, 1.82) is 0 Å². The molecule has 0 unspecified atom stereocenters. The zero-order valence-electron chi connectivity index (χ0n) is 9.78. The molecule has 0 aliphatic rings. The zero-order valence-corrected chi connectivity index (χ0v) is 12.1. The number of halogens is 2. The summed E-state index contributed by atoms with van der Waals surface area (Å²) in [4.78, 5) is 11.0. The van der Waals surface area contributed by atoms with Crippen molar-refractivity contribution in [2.75, 3.05) is 11.1 Å². The SMILES string of the molecule is NC(=O)c1ccc(Nc2ccc(Cl)c(Br)c2)c(N)c1. The number of nitrogens with one attached hydrogen (secondary N) is 1. The first-order chi connectivity index (χ1) is 8.97. The van der Waals surface area contributed by atoms with Crippen LogP contribution in [0.1, 0.15) is 10.4 Å². The third kappa shape index (κ3) is 3.19. The van der Waals surface area contributed by atoms with Gasteiger partial charge in [0.05, 0.1) is 16.4 Å². The monoisotopic (exact) mass is 339 g/mol. The number of carbonyl (C=O) groups is 1. The fraction of sp³-hybridized carbons (Fsp3) is 0. The molecular weight excluding hydrogens is 330 g/mol. The highest BCUT2D eigenvalue weighted by Crippen LogP contribution is 2.29. The molecule has 2 aromatic carbocycles. The maximum absolute atomic E-state index is 11.0. The Labute approximate surface area is 123 Å². The van der Waals surface area contributed by atoms with Crippen molar-refractivity contribution in [3.63, 3.8) is 0 Å². The predicted molar refractivity (Wildman–Crippen MR) is 81.8 cm³/mol. The third-order valence-corrected chi connectivity index (χ3v) is 3.75. The first kappa shape index (κ1) is 13.7. The number of hydrogen-bond acceptors (Lipinski definition) is 3. The van der Waals surface area contributed by atoms with E-state index in [4.69, 9.17) is 23.1 Å². The Kier molecular flexibility index (Phi) is 3.97. The first-order valence-electron chi connectivity index (χ1n) is 5.39. The van der Waals surface area contributed by atoms with Gasteiger partial charge >= 0.3 is 0 Å². The highest BCUT2D eigenvalue weighted by atomic mass is 79.9. The minimum atomic E-state index is -0.507. The van der Waals surface area contributed by atoms with Crippen LogP contribution in [0.2, 0.25) is 5.02 Å². The molecule has 0 heterocycles. The molecule has 0 aliphatic heterocycles. The molecule has 1 amide bonds. The van der Waals surface area contributed by atoms with Gasteiger partial charge in [-0.1, -0.05) is 11.6 Å². The van der Waals surface area contributed by atoms with Crippen LogP contribution in [0.5, 0.6) is 0 Å². The van der Waals surface area contributed by atoms with Crippen molar-refractivity contribution in [2.45, 2.75) is 0 Å². The highest BCUT2D eigenvalue weighted by molar-refractivity contribution is 9.10. The van der Waals surface area contributed by atoms with Crippen molar-refractivity contribution in [3.05, 3.63) is 51.5 Å². The van der Waals surface area contributed by atoms with Crippen LogP contribution in [0.25, 0.3) is 0 Å². The minimum absolute atomic E-state index is 0.375. The largest absolute Gasteiger partial charge is 0.397 e. The molecule has 0 aromatic heterocycles.